The Morgan fingerprint density at radius 2 is 1.93 bits per heavy atom. The molecule has 1 aromatic carbocycles. The summed E-state index contributed by atoms with van der Waals surface area (Å²) in [7, 11) is 1.35. The molecule has 6 nitrogen and oxygen atoms in total. The van der Waals surface area contributed by atoms with Gasteiger partial charge >= 0.3 is 5.97 Å². The Labute approximate surface area is 166 Å². The average Bonchev–Trinajstić information content (AvgIpc) is 2.72. The first-order valence-corrected chi connectivity index (χ1v) is 10.0. The largest absolute Gasteiger partial charge is 0.469 e. The Bertz CT molecular complexity index is 662. The van der Waals surface area contributed by atoms with Gasteiger partial charge in [0, 0.05) is 62.4 Å². The molecule has 0 radical (unpaired) electrons. The first kappa shape index (κ1) is 20.0. The molecule has 0 N–H and O–H groups in total. The van der Waals surface area contributed by atoms with Crippen LogP contribution in [0.2, 0.25) is 5.02 Å². The molecule has 7 heteroatoms. The van der Waals surface area contributed by atoms with E-state index in [4.69, 9.17) is 11.6 Å². The van der Waals surface area contributed by atoms with E-state index in [1.165, 1.54) is 12.8 Å². The third kappa shape index (κ3) is 5.36. The van der Waals surface area contributed by atoms with Gasteiger partial charge < -0.3 is 14.5 Å². The number of benzene rings is 1. The Morgan fingerprint density at radius 3 is 2.63 bits per heavy atom. The third-order valence-electron chi connectivity index (χ3n) is 5.52. The number of rotatable bonds is 5. The van der Waals surface area contributed by atoms with E-state index in [9.17, 15) is 9.59 Å². The van der Waals surface area contributed by atoms with E-state index in [1.54, 1.807) is 0 Å². The highest BCUT2D eigenvalue weighted by Gasteiger charge is 2.30. The van der Waals surface area contributed by atoms with Gasteiger partial charge in [0.1, 0.15) is 0 Å². The number of nitrogens with zero attached hydrogens (tertiary/aromatic N) is 3. The van der Waals surface area contributed by atoms with Crippen LogP contribution in [0.15, 0.2) is 24.3 Å². The van der Waals surface area contributed by atoms with E-state index < -0.39 is 0 Å². The van der Waals surface area contributed by atoms with Gasteiger partial charge in [-0.1, -0.05) is 17.7 Å². The monoisotopic (exact) mass is 393 g/mol. The van der Waals surface area contributed by atoms with E-state index >= 15 is 0 Å². The third-order valence-corrected chi connectivity index (χ3v) is 5.76. The minimum Gasteiger partial charge on any atom is -0.469 e. The Kier molecular flexibility index (Phi) is 6.96. The number of piperazine rings is 1. The van der Waals surface area contributed by atoms with Crippen molar-refractivity contribution < 1.29 is 14.3 Å². The van der Waals surface area contributed by atoms with Gasteiger partial charge in [-0.2, -0.15) is 0 Å². The Balaban J connectivity index is 1.49. The summed E-state index contributed by atoms with van der Waals surface area (Å²) in [4.78, 5) is 30.4. The zero-order chi connectivity index (χ0) is 19.2. The maximum atomic E-state index is 12.4. The smallest absolute Gasteiger partial charge is 0.306 e. The maximum Gasteiger partial charge on any atom is 0.306 e. The molecule has 1 atom stereocenters. The van der Waals surface area contributed by atoms with Crippen LogP contribution in [-0.2, 0) is 14.3 Å². The van der Waals surface area contributed by atoms with Crippen LogP contribution in [0, 0.1) is 0 Å². The number of esters is 1. The fourth-order valence-corrected chi connectivity index (χ4v) is 4.15. The maximum absolute atomic E-state index is 12.4. The number of piperidine rings is 1. The first-order chi connectivity index (χ1) is 13.1. The van der Waals surface area contributed by atoms with Crippen molar-refractivity contribution in [1.82, 2.24) is 9.80 Å². The second-order valence-electron chi connectivity index (χ2n) is 7.21. The number of amides is 1. The predicted molar refractivity (Wildman–Crippen MR) is 106 cm³/mol. The van der Waals surface area contributed by atoms with Gasteiger partial charge in [0.15, 0.2) is 0 Å². The lowest BCUT2D eigenvalue weighted by Crippen LogP contribution is -2.55. The molecule has 2 aliphatic rings. The van der Waals surface area contributed by atoms with Crippen LogP contribution in [0.4, 0.5) is 5.69 Å². The van der Waals surface area contributed by atoms with Crippen molar-refractivity contribution in [1.29, 1.82) is 0 Å². The van der Waals surface area contributed by atoms with Crippen LogP contribution < -0.4 is 4.90 Å². The standard InChI is InChI=1S/C20H28ClN3O3/c1-27-20(26)8-7-19(25)24-9-3-6-18(15-24)23-12-10-22(11-13-23)17-5-2-4-16(21)14-17/h2,4-5,14,18H,3,6-13,15H2,1H3/t18-/m1/s1. The normalized spacial score (nSPS) is 21.2. The Hall–Kier alpha value is -1.79. The average molecular weight is 394 g/mol. The van der Waals surface area contributed by atoms with Gasteiger partial charge in [-0.05, 0) is 31.0 Å². The minimum absolute atomic E-state index is 0.0580. The number of ether oxygens (including phenoxy) is 1. The summed E-state index contributed by atoms with van der Waals surface area (Å²) in [6, 6.07) is 8.41. The van der Waals surface area contributed by atoms with Crippen molar-refractivity contribution in [3.8, 4) is 0 Å². The number of likely N-dealkylation sites (tertiary alicyclic amines) is 1. The molecule has 0 unspecified atom stereocenters. The van der Waals surface area contributed by atoms with Gasteiger partial charge in [-0.25, -0.2) is 0 Å². The molecule has 2 heterocycles. The van der Waals surface area contributed by atoms with Crippen LogP contribution in [-0.4, -0.2) is 74.1 Å². The van der Waals surface area contributed by atoms with Crippen molar-refractivity contribution in [2.75, 3.05) is 51.3 Å². The van der Waals surface area contributed by atoms with Crippen LogP contribution in [0.1, 0.15) is 25.7 Å². The summed E-state index contributed by atoms with van der Waals surface area (Å²) in [5, 5.41) is 0.767. The molecule has 27 heavy (non-hydrogen) atoms. The molecule has 1 amide bonds. The molecule has 2 aliphatic heterocycles. The molecule has 0 aromatic heterocycles. The number of carbonyl (C=O) groups is 2. The number of anilines is 1. The first-order valence-electron chi connectivity index (χ1n) is 9.66. The number of carbonyl (C=O) groups excluding carboxylic acids is 2. The lowest BCUT2D eigenvalue weighted by atomic mass is 10.0. The summed E-state index contributed by atoms with van der Waals surface area (Å²) in [6.07, 6.45) is 2.54. The Morgan fingerprint density at radius 1 is 1.15 bits per heavy atom. The van der Waals surface area contributed by atoms with Gasteiger partial charge in [-0.3, -0.25) is 14.5 Å². The topological polar surface area (TPSA) is 53.1 Å². The van der Waals surface area contributed by atoms with Crippen LogP contribution >= 0.6 is 11.6 Å². The summed E-state index contributed by atoms with van der Waals surface area (Å²) in [5.41, 5.74) is 1.17. The second-order valence-corrected chi connectivity index (χ2v) is 7.65. The highest BCUT2D eigenvalue weighted by molar-refractivity contribution is 6.30. The fraction of sp³-hybridized carbons (Fsp3) is 0.600. The molecule has 148 valence electrons. The molecular formula is C20H28ClN3O3. The molecule has 0 spiro atoms. The summed E-state index contributed by atoms with van der Waals surface area (Å²) >= 11 is 6.11. The number of methoxy groups -OCH3 is 1. The van der Waals surface area contributed by atoms with Crippen molar-refractivity contribution in [3.63, 3.8) is 0 Å². The lowest BCUT2D eigenvalue weighted by Gasteiger charge is -2.44. The molecule has 2 saturated heterocycles. The highest BCUT2D eigenvalue weighted by atomic mass is 35.5. The van der Waals surface area contributed by atoms with E-state index in [0.29, 0.717) is 6.04 Å². The van der Waals surface area contributed by atoms with Gasteiger partial charge in [-0.15, -0.1) is 0 Å². The van der Waals surface area contributed by atoms with Crippen molar-refractivity contribution >= 4 is 29.2 Å². The SMILES string of the molecule is COC(=O)CCC(=O)N1CCC[C@@H](N2CCN(c3cccc(Cl)c3)CC2)C1. The molecular weight excluding hydrogens is 366 g/mol. The lowest BCUT2D eigenvalue weighted by molar-refractivity contribution is -0.144. The summed E-state index contributed by atoms with van der Waals surface area (Å²) in [5.74, 6) is -0.267. The van der Waals surface area contributed by atoms with Crippen LogP contribution in [0.3, 0.4) is 0 Å². The molecule has 0 saturated carbocycles. The predicted octanol–water partition coefficient (Wildman–Crippen LogP) is 2.41. The van der Waals surface area contributed by atoms with Crippen LogP contribution in [0.25, 0.3) is 0 Å². The molecule has 3 rings (SSSR count). The zero-order valence-corrected chi connectivity index (χ0v) is 16.7. The number of hydrogen-bond donors (Lipinski definition) is 0. The molecule has 1 aromatic rings. The van der Waals surface area contributed by atoms with Gasteiger partial charge in [0.2, 0.25) is 5.91 Å². The number of halogens is 1. The zero-order valence-electron chi connectivity index (χ0n) is 15.9. The quantitative estimate of drug-likeness (QED) is 0.719. The van der Waals surface area contributed by atoms with Gasteiger partial charge in [0.05, 0.1) is 13.5 Å². The summed E-state index contributed by atoms with van der Waals surface area (Å²) < 4.78 is 4.63. The molecule has 0 bridgehead atoms. The van der Waals surface area contributed by atoms with Crippen molar-refractivity contribution in [2.45, 2.75) is 31.7 Å². The molecule has 2 fully saturated rings. The van der Waals surface area contributed by atoms with Gasteiger partial charge in [0.25, 0.3) is 0 Å². The van der Waals surface area contributed by atoms with E-state index in [-0.39, 0.29) is 24.7 Å². The van der Waals surface area contributed by atoms with Crippen molar-refractivity contribution in [3.05, 3.63) is 29.3 Å². The van der Waals surface area contributed by atoms with E-state index in [2.05, 4.69) is 20.6 Å². The number of hydrogen-bond acceptors (Lipinski definition) is 5. The highest BCUT2D eigenvalue weighted by Crippen LogP contribution is 2.23. The minimum atomic E-state index is -0.325. The van der Waals surface area contributed by atoms with E-state index in [0.717, 1.165) is 57.1 Å². The van der Waals surface area contributed by atoms with Crippen molar-refractivity contribution in [2.24, 2.45) is 0 Å². The van der Waals surface area contributed by atoms with E-state index in [1.807, 2.05) is 23.1 Å². The van der Waals surface area contributed by atoms with Crippen LogP contribution in [0.5, 0.6) is 0 Å². The second kappa shape index (κ2) is 9.42. The fourth-order valence-electron chi connectivity index (χ4n) is 3.97. The molecule has 0 aliphatic carbocycles. The summed E-state index contributed by atoms with van der Waals surface area (Å²) in [6.45, 7) is 5.46.